The van der Waals surface area contributed by atoms with Crippen molar-refractivity contribution in [1.82, 2.24) is 0 Å². The molecule has 0 bridgehead atoms. The maximum Gasteiger partial charge on any atom is 0.0959 e. The Kier molecular flexibility index (Phi) is 3.13. The Bertz CT molecular complexity index is 396. The smallest absolute Gasteiger partial charge is 0.0959 e. The zero-order valence-electron chi connectivity index (χ0n) is 7.81. The fourth-order valence-corrected chi connectivity index (χ4v) is 2.16. The minimum Gasteiger partial charge on any atom is -0.193 e. The molecular weight excluding hydrogens is 202 g/mol. The van der Waals surface area contributed by atoms with Gasteiger partial charge in [0.2, 0.25) is 0 Å². The standard InChI is InChI=1S/C10H10ClNS/c1-6(4-12)10(11)9-5-13-8(3)7(9)2/h5H,1-3H3/b10-6-. The van der Waals surface area contributed by atoms with Crippen LogP contribution in [-0.4, -0.2) is 0 Å². The van der Waals surface area contributed by atoms with E-state index in [1.807, 2.05) is 12.3 Å². The SMILES string of the molecule is C/C(C#N)=C(/Cl)c1csc(C)c1C. The van der Waals surface area contributed by atoms with Crippen LogP contribution in [0.15, 0.2) is 11.0 Å². The summed E-state index contributed by atoms with van der Waals surface area (Å²) in [4.78, 5) is 1.25. The molecule has 1 heterocycles. The molecule has 0 aliphatic rings. The van der Waals surface area contributed by atoms with Gasteiger partial charge in [-0.15, -0.1) is 11.3 Å². The summed E-state index contributed by atoms with van der Waals surface area (Å²) in [6.45, 7) is 5.80. The van der Waals surface area contributed by atoms with Gasteiger partial charge < -0.3 is 0 Å². The maximum absolute atomic E-state index is 8.68. The minimum atomic E-state index is 0.572. The third-order valence-corrected chi connectivity index (χ3v) is 3.52. The predicted octanol–water partition coefficient (Wildman–Crippen LogP) is 3.86. The summed E-state index contributed by atoms with van der Waals surface area (Å²) in [6, 6.07) is 2.05. The molecule has 3 heteroatoms. The quantitative estimate of drug-likeness (QED) is 0.648. The molecule has 1 nitrogen and oxygen atoms in total. The molecule has 0 unspecified atom stereocenters. The summed E-state index contributed by atoms with van der Waals surface area (Å²) in [5.74, 6) is 0. The number of hydrogen-bond acceptors (Lipinski definition) is 2. The number of halogens is 1. The van der Waals surface area contributed by atoms with Crippen LogP contribution in [0, 0.1) is 25.2 Å². The van der Waals surface area contributed by atoms with Crippen molar-refractivity contribution in [3.63, 3.8) is 0 Å². The van der Waals surface area contributed by atoms with Crippen LogP contribution in [0.1, 0.15) is 22.9 Å². The lowest BCUT2D eigenvalue weighted by Gasteiger charge is -1.98. The molecule has 13 heavy (non-hydrogen) atoms. The van der Waals surface area contributed by atoms with Crippen molar-refractivity contribution in [3.8, 4) is 6.07 Å². The highest BCUT2D eigenvalue weighted by Gasteiger charge is 2.09. The maximum atomic E-state index is 8.68. The molecule has 0 aromatic carbocycles. The van der Waals surface area contributed by atoms with Gasteiger partial charge in [0.15, 0.2) is 0 Å². The molecule has 0 fully saturated rings. The van der Waals surface area contributed by atoms with Crippen molar-refractivity contribution >= 4 is 28.0 Å². The largest absolute Gasteiger partial charge is 0.193 e. The summed E-state index contributed by atoms with van der Waals surface area (Å²) < 4.78 is 0. The number of allylic oxidation sites excluding steroid dienone is 1. The number of hydrogen-bond donors (Lipinski definition) is 0. The van der Waals surface area contributed by atoms with E-state index in [9.17, 15) is 0 Å². The van der Waals surface area contributed by atoms with Crippen LogP contribution in [0.4, 0.5) is 0 Å². The normalized spacial score (nSPS) is 12.2. The zero-order valence-corrected chi connectivity index (χ0v) is 9.38. The third-order valence-electron chi connectivity index (χ3n) is 2.02. The van der Waals surface area contributed by atoms with Gasteiger partial charge in [-0.3, -0.25) is 0 Å². The Morgan fingerprint density at radius 2 is 2.15 bits per heavy atom. The Morgan fingerprint density at radius 1 is 1.54 bits per heavy atom. The van der Waals surface area contributed by atoms with Gasteiger partial charge in [0.25, 0.3) is 0 Å². The van der Waals surface area contributed by atoms with Crippen LogP contribution in [0.5, 0.6) is 0 Å². The summed E-state index contributed by atoms with van der Waals surface area (Å²) in [5, 5.41) is 11.2. The van der Waals surface area contributed by atoms with Crippen molar-refractivity contribution < 1.29 is 0 Å². The van der Waals surface area contributed by atoms with Crippen LogP contribution in [0.2, 0.25) is 0 Å². The molecule has 0 saturated heterocycles. The topological polar surface area (TPSA) is 23.8 Å². The number of nitriles is 1. The van der Waals surface area contributed by atoms with E-state index in [2.05, 4.69) is 13.0 Å². The Labute approximate surface area is 87.3 Å². The van der Waals surface area contributed by atoms with Gasteiger partial charge >= 0.3 is 0 Å². The van der Waals surface area contributed by atoms with Crippen LogP contribution >= 0.6 is 22.9 Å². The number of nitrogens with zero attached hydrogens (tertiary/aromatic N) is 1. The first-order valence-electron chi connectivity index (χ1n) is 3.89. The summed E-state index contributed by atoms with van der Waals surface area (Å²) >= 11 is 7.70. The lowest BCUT2D eigenvalue weighted by molar-refractivity contribution is 1.40. The van der Waals surface area contributed by atoms with Crippen molar-refractivity contribution in [1.29, 1.82) is 5.26 Å². The number of aryl methyl sites for hydroxylation is 1. The second kappa shape index (κ2) is 3.95. The highest BCUT2D eigenvalue weighted by Crippen LogP contribution is 2.31. The summed E-state index contributed by atoms with van der Waals surface area (Å²) in [6.07, 6.45) is 0. The lowest BCUT2D eigenvalue weighted by atomic mass is 10.1. The molecule has 0 aliphatic carbocycles. The van der Waals surface area contributed by atoms with Gasteiger partial charge in [-0.05, 0) is 26.3 Å². The second-order valence-corrected chi connectivity index (χ2v) is 4.34. The van der Waals surface area contributed by atoms with Crippen molar-refractivity contribution in [2.45, 2.75) is 20.8 Å². The van der Waals surface area contributed by atoms with E-state index in [-0.39, 0.29) is 0 Å². The predicted molar refractivity (Wildman–Crippen MR) is 57.9 cm³/mol. The lowest BCUT2D eigenvalue weighted by Crippen LogP contribution is -1.81. The number of rotatable bonds is 1. The summed E-state index contributed by atoms with van der Waals surface area (Å²) in [7, 11) is 0. The van der Waals surface area contributed by atoms with E-state index in [0.29, 0.717) is 10.6 Å². The van der Waals surface area contributed by atoms with Gasteiger partial charge in [0.05, 0.1) is 11.1 Å². The molecule has 68 valence electrons. The Balaban J connectivity index is 3.26. The minimum absolute atomic E-state index is 0.572. The van der Waals surface area contributed by atoms with E-state index >= 15 is 0 Å². The molecule has 1 rings (SSSR count). The first-order chi connectivity index (χ1) is 6.07. The first-order valence-corrected chi connectivity index (χ1v) is 5.15. The highest BCUT2D eigenvalue weighted by atomic mass is 35.5. The van der Waals surface area contributed by atoms with E-state index in [0.717, 1.165) is 5.56 Å². The molecule has 0 amide bonds. The summed E-state index contributed by atoms with van der Waals surface area (Å²) in [5.41, 5.74) is 2.73. The average molecular weight is 212 g/mol. The molecule has 1 aromatic heterocycles. The van der Waals surface area contributed by atoms with E-state index < -0.39 is 0 Å². The van der Waals surface area contributed by atoms with Gasteiger partial charge in [-0.1, -0.05) is 11.6 Å². The zero-order chi connectivity index (χ0) is 10.0. The van der Waals surface area contributed by atoms with Gasteiger partial charge in [0.1, 0.15) is 0 Å². The molecular formula is C10H10ClNS. The third kappa shape index (κ3) is 1.93. The molecule has 0 atom stereocenters. The molecule has 0 saturated carbocycles. The van der Waals surface area contributed by atoms with Gasteiger partial charge in [-0.2, -0.15) is 5.26 Å². The van der Waals surface area contributed by atoms with E-state index in [4.69, 9.17) is 16.9 Å². The van der Waals surface area contributed by atoms with Crippen LogP contribution in [-0.2, 0) is 0 Å². The van der Waals surface area contributed by atoms with Crippen LogP contribution < -0.4 is 0 Å². The van der Waals surface area contributed by atoms with Gasteiger partial charge in [0, 0.05) is 21.4 Å². The molecule has 0 radical (unpaired) electrons. The van der Waals surface area contributed by atoms with E-state index in [1.165, 1.54) is 10.4 Å². The molecule has 0 aliphatic heterocycles. The highest BCUT2D eigenvalue weighted by molar-refractivity contribution is 7.10. The molecule has 1 aromatic rings. The fraction of sp³-hybridized carbons (Fsp3) is 0.300. The van der Waals surface area contributed by atoms with Gasteiger partial charge in [-0.25, -0.2) is 0 Å². The van der Waals surface area contributed by atoms with Crippen molar-refractivity contribution in [2.75, 3.05) is 0 Å². The monoisotopic (exact) mass is 211 g/mol. The average Bonchev–Trinajstić information content (AvgIpc) is 2.45. The fourth-order valence-electron chi connectivity index (χ4n) is 0.981. The van der Waals surface area contributed by atoms with Crippen molar-refractivity contribution in [3.05, 3.63) is 27.0 Å². The molecule has 0 N–H and O–H groups in total. The second-order valence-electron chi connectivity index (χ2n) is 2.88. The van der Waals surface area contributed by atoms with Crippen LogP contribution in [0.3, 0.4) is 0 Å². The van der Waals surface area contributed by atoms with Crippen LogP contribution in [0.25, 0.3) is 5.03 Å². The Hall–Kier alpha value is -0.780. The number of thiophene rings is 1. The molecule has 0 spiro atoms. The first kappa shape index (κ1) is 10.3. The Morgan fingerprint density at radius 3 is 2.54 bits per heavy atom. The van der Waals surface area contributed by atoms with Crippen molar-refractivity contribution in [2.24, 2.45) is 0 Å². The van der Waals surface area contributed by atoms with E-state index in [1.54, 1.807) is 18.3 Å².